The molecule has 6 heteroatoms. The van der Waals surface area contributed by atoms with Crippen LogP contribution in [0.4, 0.5) is 11.4 Å². The van der Waals surface area contributed by atoms with Crippen molar-refractivity contribution in [3.8, 4) is 0 Å². The van der Waals surface area contributed by atoms with Gasteiger partial charge in [-0.2, -0.15) is 0 Å². The Morgan fingerprint density at radius 3 is 2.86 bits per heavy atom. The van der Waals surface area contributed by atoms with E-state index in [4.69, 9.17) is 0 Å². The van der Waals surface area contributed by atoms with Gasteiger partial charge < -0.3 is 10.6 Å². The van der Waals surface area contributed by atoms with E-state index in [0.29, 0.717) is 13.0 Å². The fourth-order valence-corrected chi connectivity index (χ4v) is 2.79. The topological polar surface area (TPSA) is 84.3 Å². The number of amides is 1. The zero-order valence-electron chi connectivity index (χ0n) is 12.4. The van der Waals surface area contributed by atoms with Gasteiger partial charge in [0.25, 0.3) is 5.69 Å². The van der Waals surface area contributed by atoms with Gasteiger partial charge in [-0.05, 0) is 44.4 Å². The highest BCUT2D eigenvalue weighted by Crippen LogP contribution is 2.33. The Labute approximate surface area is 124 Å². The lowest BCUT2D eigenvalue weighted by Crippen LogP contribution is -2.47. The third-order valence-corrected chi connectivity index (χ3v) is 4.23. The molecule has 1 amide bonds. The molecule has 0 saturated carbocycles. The minimum atomic E-state index is -0.476. The Morgan fingerprint density at radius 1 is 1.52 bits per heavy atom. The van der Waals surface area contributed by atoms with Crippen LogP contribution in [-0.4, -0.2) is 23.9 Å². The van der Waals surface area contributed by atoms with E-state index in [1.54, 1.807) is 12.1 Å². The number of aryl methyl sites for hydroxylation is 1. The first-order valence-corrected chi connectivity index (χ1v) is 7.26. The second-order valence-electron chi connectivity index (χ2n) is 5.65. The van der Waals surface area contributed by atoms with Crippen molar-refractivity contribution in [1.82, 2.24) is 5.32 Å². The first-order chi connectivity index (χ1) is 9.98. The number of piperidine rings is 1. The Bertz CT molecular complexity index is 551. The van der Waals surface area contributed by atoms with Gasteiger partial charge in [0.05, 0.1) is 10.3 Å². The number of carbonyl (C=O) groups excluding carboxylic acids is 1. The highest BCUT2D eigenvalue weighted by atomic mass is 16.6. The van der Waals surface area contributed by atoms with Crippen LogP contribution in [0.1, 0.15) is 31.7 Å². The lowest BCUT2D eigenvalue weighted by atomic mass is 9.77. The van der Waals surface area contributed by atoms with Crippen LogP contribution in [0.3, 0.4) is 0 Å². The predicted octanol–water partition coefficient (Wildman–Crippen LogP) is 2.62. The van der Waals surface area contributed by atoms with Crippen LogP contribution in [0, 0.1) is 22.5 Å². The second-order valence-corrected chi connectivity index (χ2v) is 5.65. The molecular weight excluding hydrogens is 270 g/mol. The normalized spacial score (nSPS) is 21.8. The van der Waals surface area contributed by atoms with E-state index >= 15 is 0 Å². The first kappa shape index (κ1) is 15.4. The maximum atomic E-state index is 12.6. The molecule has 1 aromatic carbocycles. The fourth-order valence-electron chi connectivity index (χ4n) is 2.79. The van der Waals surface area contributed by atoms with Gasteiger partial charge in [-0.15, -0.1) is 0 Å². The number of benzene rings is 1. The molecule has 1 aromatic rings. The molecule has 0 aromatic heterocycles. The molecule has 2 rings (SSSR count). The van der Waals surface area contributed by atoms with Gasteiger partial charge in [0.1, 0.15) is 5.69 Å². The number of hydrogen-bond acceptors (Lipinski definition) is 4. The van der Waals surface area contributed by atoms with Gasteiger partial charge in [0.2, 0.25) is 5.91 Å². The molecule has 1 saturated heterocycles. The van der Waals surface area contributed by atoms with Crippen molar-refractivity contribution in [1.29, 1.82) is 0 Å². The molecule has 21 heavy (non-hydrogen) atoms. The summed E-state index contributed by atoms with van der Waals surface area (Å²) >= 11 is 0. The largest absolute Gasteiger partial charge is 0.320 e. The Morgan fingerprint density at radius 2 is 2.29 bits per heavy atom. The van der Waals surface area contributed by atoms with E-state index < -0.39 is 10.3 Å². The van der Waals surface area contributed by atoms with Gasteiger partial charge in [0.15, 0.2) is 0 Å². The van der Waals surface area contributed by atoms with Crippen molar-refractivity contribution < 1.29 is 9.72 Å². The standard InChI is InChI=1S/C15H21N3O3/c1-3-15(7-4-8-16-10-15)14(19)17-12-9-11(2)5-6-13(12)18(20)21/h5-6,9,16H,3-4,7-8,10H2,1-2H3,(H,17,19). The van der Waals surface area contributed by atoms with E-state index in [-0.39, 0.29) is 17.3 Å². The Balaban J connectivity index is 2.26. The van der Waals surface area contributed by atoms with Crippen molar-refractivity contribution in [3.63, 3.8) is 0 Å². The van der Waals surface area contributed by atoms with Crippen molar-refractivity contribution in [2.75, 3.05) is 18.4 Å². The smallest absolute Gasteiger partial charge is 0.292 e. The molecule has 1 atom stereocenters. The summed E-state index contributed by atoms with van der Waals surface area (Å²) in [6.07, 6.45) is 2.46. The van der Waals surface area contributed by atoms with Gasteiger partial charge in [0, 0.05) is 12.6 Å². The van der Waals surface area contributed by atoms with Crippen LogP contribution < -0.4 is 10.6 Å². The summed E-state index contributed by atoms with van der Waals surface area (Å²) in [7, 11) is 0. The summed E-state index contributed by atoms with van der Waals surface area (Å²) in [4.78, 5) is 23.2. The van der Waals surface area contributed by atoms with Gasteiger partial charge in [-0.25, -0.2) is 0 Å². The summed E-state index contributed by atoms with van der Waals surface area (Å²) in [6.45, 7) is 5.36. The highest BCUT2D eigenvalue weighted by Gasteiger charge is 2.38. The number of nitro benzene ring substituents is 1. The number of carbonyl (C=O) groups is 1. The number of hydrogen-bond donors (Lipinski definition) is 2. The SMILES string of the molecule is CCC1(C(=O)Nc2cc(C)ccc2[N+](=O)[O-])CCCNC1. The number of nitrogens with one attached hydrogen (secondary N) is 2. The molecule has 1 aliphatic rings. The monoisotopic (exact) mass is 291 g/mol. The highest BCUT2D eigenvalue weighted by molar-refractivity contribution is 5.97. The summed E-state index contributed by atoms with van der Waals surface area (Å²) in [6, 6.07) is 4.75. The van der Waals surface area contributed by atoms with Crippen LogP contribution in [-0.2, 0) is 4.79 Å². The minimum Gasteiger partial charge on any atom is -0.320 e. The maximum Gasteiger partial charge on any atom is 0.292 e. The average molecular weight is 291 g/mol. The van der Waals surface area contributed by atoms with E-state index in [0.717, 1.165) is 24.9 Å². The molecule has 114 valence electrons. The summed E-state index contributed by atoms with van der Waals surface area (Å²) in [5.74, 6) is -0.133. The van der Waals surface area contributed by atoms with Gasteiger partial charge in [-0.3, -0.25) is 14.9 Å². The molecule has 1 unspecified atom stereocenters. The van der Waals surface area contributed by atoms with Crippen LogP contribution in [0.25, 0.3) is 0 Å². The molecule has 0 spiro atoms. The van der Waals surface area contributed by atoms with E-state index in [1.807, 2.05) is 13.8 Å². The quantitative estimate of drug-likeness (QED) is 0.659. The van der Waals surface area contributed by atoms with Crippen LogP contribution in [0.2, 0.25) is 0 Å². The number of anilines is 1. The van der Waals surface area contributed by atoms with Crippen molar-refractivity contribution in [3.05, 3.63) is 33.9 Å². The average Bonchev–Trinajstić information content (AvgIpc) is 2.47. The molecule has 0 bridgehead atoms. The second kappa shape index (κ2) is 6.22. The molecular formula is C15H21N3O3. The van der Waals surface area contributed by atoms with Gasteiger partial charge in [-0.1, -0.05) is 13.0 Å². The van der Waals surface area contributed by atoms with Gasteiger partial charge >= 0.3 is 0 Å². The lowest BCUT2D eigenvalue weighted by Gasteiger charge is -2.35. The van der Waals surface area contributed by atoms with E-state index in [1.165, 1.54) is 6.07 Å². The Hall–Kier alpha value is -1.95. The molecule has 1 fully saturated rings. The Kier molecular flexibility index (Phi) is 4.57. The predicted molar refractivity (Wildman–Crippen MR) is 81.3 cm³/mol. The van der Waals surface area contributed by atoms with Crippen molar-refractivity contribution in [2.24, 2.45) is 5.41 Å². The van der Waals surface area contributed by atoms with E-state index in [2.05, 4.69) is 10.6 Å². The molecule has 0 radical (unpaired) electrons. The molecule has 0 aliphatic carbocycles. The molecule has 1 aliphatic heterocycles. The van der Waals surface area contributed by atoms with Crippen molar-refractivity contribution >= 4 is 17.3 Å². The van der Waals surface area contributed by atoms with Crippen molar-refractivity contribution in [2.45, 2.75) is 33.1 Å². The third-order valence-electron chi connectivity index (χ3n) is 4.23. The molecule has 6 nitrogen and oxygen atoms in total. The van der Waals surface area contributed by atoms with Crippen LogP contribution in [0.5, 0.6) is 0 Å². The number of nitro groups is 1. The van der Waals surface area contributed by atoms with Crippen LogP contribution >= 0.6 is 0 Å². The summed E-state index contributed by atoms with van der Waals surface area (Å²) in [5, 5.41) is 17.1. The summed E-state index contributed by atoms with van der Waals surface area (Å²) < 4.78 is 0. The molecule has 2 N–H and O–H groups in total. The number of rotatable bonds is 4. The fraction of sp³-hybridized carbons (Fsp3) is 0.533. The molecule has 1 heterocycles. The zero-order valence-corrected chi connectivity index (χ0v) is 12.4. The first-order valence-electron chi connectivity index (χ1n) is 7.26. The minimum absolute atomic E-state index is 0.0658. The van der Waals surface area contributed by atoms with E-state index in [9.17, 15) is 14.9 Å². The lowest BCUT2D eigenvalue weighted by molar-refractivity contribution is -0.383. The summed E-state index contributed by atoms with van der Waals surface area (Å²) in [5.41, 5.74) is 0.617. The van der Waals surface area contributed by atoms with Crippen LogP contribution in [0.15, 0.2) is 18.2 Å². The zero-order chi connectivity index (χ0) is 15.5. The maximum absolute atomic E-state index is 12.6. The number of nitrogens with zero attached hydrogens (tertiary/aromatic N) is 1. The third kappa shape index (κ3) is 3.21.